The number of ether oxygens (including phenoxy) is 2. The van der Waals surface area contributed by atoms with Gasteiger partial charge in [-0.15, -0.1) is 22.7 Å². The molecule has 1 amide bonds. The first-order valence-corrected chi connectivity index (χ1v) is 32.3. The molecule has 0 saturated carbocycles. The van der Waals surface area contributed by atoms with E-state index in [1.807, 2.05) is 0 Å². The van der Waals surface area contributed by atoms with Gasteiger partial charge in [-0.25, -0.2) is 36.7 Å². The van der Waals surface area contributed by atoms with Gasteiger partial charge in [0.1, 0.15) is 21.2 Å². The van der Waals surface area contributed by atoms with Gasteiger partial charge in [0, 0.05) is 0 Å². The van der Waals surface area contributed by atoms with Crippen LogP contribution in [0.2, 0.25) is 18.1 Å². The number of hydrogen-bond acceptors (Lipinski definition) is 16. The van der Waals surface area contributed by atoms with Crippen LogP contribution in [0.3, 0.4) is 0 Å². The fourth-order valence-electron chi connectivity index (χ4n) is 8.52. The number of carbonyl (C=O) groups excluding carboxylic acids is 1. The Morgan fingerprint density at radius 3 is 1.49 bits per heavy atom. The topological polar surface area (TPSA) is 275 Å². The van der Waals surface area contributed by atoms with Crippen LogP contribution in [0.5, 0.6) is 0 Å². The van der Waals surface area contributed by atoms with E-state index in [1.54, 1.807) is 13.8 Å². The van der Waals surface area contributed by atoms with Crippen LogP contribution in [0.4, 0.5) is 0 Å². The number of rotatable bonds is 17. The van der Waals surface area contributed by atoms with Gasteiger partial charge in [0.15, 0.2) is 16.7 Å². The van der Waals surface area contributed by atoms with Crippen molar-refractivity contribution in [3.05, 3.63) is 89.2 Å². The van der Waals surface area contributed by atoms with E-state index in [0.29, 0.717) is 38.3 Å². The minimum atomic E-state index is -4.27. The average molecular weight is 1130 g/mol. The molecule has 0 bridgehead atoms. The molecule has 0 saturated heterocycles. The second kappa shape index (κ2) is 24.0. The van der Waals surface area contributed by atoms with E-state index in [4.69, 9.17) is 24.1 Å². The summed E-state index contributed by atoms with van der Waals surface area (Å²) in [5, 5.41) is 43.6. The maximum Gasteiger partial charge on any atom is 0.307 e. The van der Waals surface area contributed by atoms with Gasteiger partial charge < -0.3 is 34.3 Å². The molecular formula is C52H80N4O13S4Si. The van der Waals surface area contributed by atoms with Crippen molar-refractivity contribution in [2.75, 3.05) is 0 Å². The van der Waals surface area contributed by atoms with E-state index in [9.17, 15) is 41.7 Å². The summed E-state index contributed by atoms with van der Waals surface area (Å²) in [6.07, 6.45) is 0.0365. The summed E-state index contributed by atoms with van der Waals surface area (Å²) in [5.41, 5.74) is 8.60. The first-order valence-electron chi connectivity index (χ1n) is 24.7. The van der Waals surface area contributed by atoms with Crippen LogP contribution >= 0.6 is 22.7 Å². The number of fused-ring (bicyclic) bond motifs is 2. The highest BCUT2D eigenvalue weighted by Gasteiger charge is 2.39. The smallest absolute Gasteiger partial charge is 0.307 e. The number of nitrogens with one attached hydrogen (secondary N) is 1. The fourth-order valence-corrected chi connectivity index (χ4v) is 13.9. The first-order chi connectivity index (χ1) is 33.7. The second-order valence-corrected chi connectivity index (χ2v) is 33.2. The maximum absolute atomic E-state index is 13.6. The number of nitrogens with zero attached hydrogens (tertiary/aromatic N) is 2. The van der Waals surface area contributed by atoms with Crippen LogP contribution in [-0.2, 0) is 107 Å². The Labute approximate surface area is 447 Å². The number of carboxylic acids is 1. The summed E-state index contributed by atoms with van der Waals surface area (Å²) >= 11 is 1.63. The normalized spacial score (nSPS) is 14.3. The summed E-state index contributed by atoms with van der Waals surface area (Å²) in [4.78, 5) is 32.9. The van der Waals surface area contributed by atoms with E-state index in [0.717, 1.165) is 61.6 Å². The maximum atomic E-state index is 13.6. The minimum absolute atomic E-state index is 0.0205. The van der Waals surface area contributed by atoms with Crippen LogP contribution in [0, 0.1) is 0 Å². The summed E-state index contributed by atoms with van der Waals surface area (Å²) in [5.74, 6) is -0.428. The van der Waals surface area contributed by atoms with Crippen LogP contribution < -0.4 is 9.86 Å². The van der Waals surface area contributed by atoms with Crippen molar-refractivity contribution in [1.29, 1.82) is 0 Å². The van der Waals surface area contributed by atoms with Crippen molar-refractivity contribution in [1.82, 2.24) is 14.7 Å². The van der Waals surface area contributed by atoms with Crippen LogP contribution in [-0.4, -0.2) is 67.4 Å². The zero-order chi connectivity index (χ0) is 56.4. The van der Waals surface area contributed by atoms with E-state index in [1.165, 1.54) is 30.5 Å². The number of amides is 1. The lowest BCUT2D eigenvalue weighted by Crippen LogP contribution is -2.40. The van der Waals surface area contributed by atoms with Gasteiger partial charge >= 0.3 is 5.97 Å². The van der Waals surface area contributed by atoms with Crippen molar-refractivity contribution in [3.63, 3.8) is 0 Å². The highest BCUT2D eigenvalue weighted by atomic mass is 32.3. The molecule has 4 aromatic rings. The third kappa shape index (κ3) is 15.4. The summed E-state index contributed by atoms with van der Waals surface area (Å²) in [6, 6.07) is 4.25. The molecule has 2 aromatic heterocycles. The van der Waals surface area contributed by atoms with Gasteiger partial charge in [0.25, 0.3) is 10.0 Å². The van der Waals surface area contributed by atoms with E-state index < -0.39 is 58.0 Å². The Morgan fingerprint density at radius 2 is 1.14 bits per heavy atom. The number of aliphatic carboxylic acids is 1. The molecule has 22 heteroatoms. The lowest BCUT2D eigenvalue weighted by atomic mass is 9.82. The molecule has 0 fully saturated rings. The molecule has 2 aliphatic rings. The lowest BCUT2D eigenvalue weighted by Gasteiger charge is -2.36. The number of sulfonamides is 2. The predicted molar refractivity (Wildman–Crippen MR) is 291 cm³/mol. The number of aliphatic hydroxyl groups is 3. The van der Waals surface area contributed by atoms with Crippen molar-refractivity contribution in [2.45, 2.75) is 218 Å². The van der Waals surface area contributed by atoms with Gasteiger partial charge in [0.05, 0.1) is 63.9 Å². The average Bonchev–Trinajstić information content (AvgIpc) is 4.07. The highest BCUT2D eigenvalue weighted by molar-refractivity contribution is 7.92. The number of hydrogen-bond donors (Lipinski definition) is 6. The number of carboxylic acid groups (broad SMARTS) is 1. The Bertz CT molecular complexity index is 2900. The molecule has 2 aromatic carbocycles. The van der Waals surface area contributed by atoms with Gasteiger partial charge in [0.2, 0.25) is 15.9 Å². The molecule has 0 radical (unpaired) electrons. The Kier molecular flexibility index (Phi) is 20.4. The number of aromatic nitrogens is 2. The largest absolute Gasteiger partial charge is 0.481 e. The number of nitrogens with two attached hydrogens (primary N) is 1. The number of thiazole rings is 2. The molecule has 2 aliphatic heterocycles. The molecule has 0 spiro atoms. The minimum Gasteiger partial charge on any atom is -0.481 e. The van der Waals surface area contributed by atoms with Gasteiger partial charge in [-0.3, -0.25) is 9.59 Å². The van der Waals surface area contributed by atoms with E-state index in [2.05, 4.69) is 116 Å². The van der Waals surface area contributed by atoms with Crippen molar-refractivity contribution in [2.24, 2.45) is 5.14 Å². The van der Waals surface area contributed by atoms with Crippen molar-refractivity contribution in [3.8, 4) is 0 Å². The molecule has 74 heavy (non-hydrogen) atoms. The molecule has 6 rings (SSSR count). The summed E-state index contributed by atoms with van der Waals surface area (Å²) in [6.45, 7) is 35.1. The summed E-state index contributed by atoms with van der Waals surface area (Å²) in [7, 11) is -10.4. The molecule has 4 heterocycles. The van der Waals surface area contributed by atoms with Crippen LogP contribution in [0.25, 0.3) is 0 Å². The Hall–Kier alpha value is -3.52. The second-order valence-electron chi connectivity index (χ2n) is 22.7. The molecule has 7 N–H and O–H groups in total. The third-order valence-electron chi connectivity index (χ3n) is 13.2. The molecule has 0 aliphatic carbocycles. The van der Waals surface area contributed by atoms with Gasteiger partial charge in [-0.1, -0.05) is 88.3 Å². The zero-order valence-electron chi connectivity index (χ0n) is 46.2. The number of primary sulfonamides is 1. The quantitative estimate of drug-likeness (QED) is 0.0538. The highest BCUT2D eigenvalue weighted by Crippen LogP contribution is 2.41. The fraction of sp³-hybridized carbons (Fsp3) is 0.615. The number of aliphatic hydroxyl groups excluding tert-OH is 1. The van der Waals surface area contributed by atoms with Crippen molar-refractivity contribution < 1.29 is 60.8 Å². The van der Waals surface area contributed by atoms with Gasteiger partial charge in [-0.2, -0.15) is 0 Å². The lowest BCUT2D eigenvalue weighted by molar-refractivity contribution is -0.136. The molecular weight excluding hydrogens is 1040 g/mol. The van der Waals surface area contributed by atoms with E-state index in [-0.39, 0.29) is 66.1 Å². The number of benzene rings is 2. The molecule has 0 unspecified atom stereocenters. The zero-order valence-corrected chi connectivity index (χ0v) is 50.5. The molecule has 17 nitrogen and oxygen atoms in total. The summed E-state index contributed by atoms with van der Waals surface area (Å²) < 4.78 is 69.0. The SMILES string of the molecule is CC(C)(O)c1nc(CO)c(S(N)(=O)=O)s1.CC(C)c1cc2c(c(C(C)C)c1CC(=O)NS(=O)(=O)c1sc(C(C)(C)O)nc1CO[Si](C)(C)C(C)(C)C)COC2.CC(C)c1cc2c(c(C(C)C)c1CC(=O)O)COC2. The predicted octanol–water partition coefficient (Wildman–Crippen LogP) is 9.32. The van der Waals surface area contributed by atoms with Crippen molar-refractivity contribution >= 4 is 62.9 Å². The van der Waals surface area contributed by atoms with Gasteiger partial charge in [-0.05, 0) is 125 Å². The van der Waals surface area contributed by atoms with E-state index >= 15 is 0 Å². The van der Waals surface area contributed by atoms with Crippen LogP contribution in [0.15, 0.2) is 20.6 Å². The Morgan fingerprint density at radius 1 is 0.716 bits per heavy atom. The van der Waals surface area contributed by atoms with Crippen LogP contribution in [0.1, 0.15) is 205 Å². The number of carbonyl (C=O) groups is 2. The standard InChI is InChI=1S/C29H46N2O6S2Si.C16H22O3.C7H12N2O4S2/c1-17(2)20-12-19-14-36-15-22(19)25(18(3)4)21(20)13-24(32)31-39(34,35)26-23(30-27(38-26)29(8,9)33)16-37-40(10,11)28(5,6)7;1-9(2)12-5-11-7-19-8-14(11)16(10(3)4)13(12)6-15(17)18;1-7(2,11)6-9-4(3-10)5(14-6)15(8,12)13/h12,17-18,33H,13-16H2,1-11H3,(H,31,32);5,9-10H,6-8H2,1-4H3,(H,17,18);10-11H,3H2,1-2H3,(H2,8,12,13). The first kappa shape index (κ1) is 63.0. The Balaban J connectivity index is 0.000000285. The monoisotopic (exact) mass is 1120 g/mol. The third-order valence-corrected chi connectivity index (χ3v) is 23.9. The molecule has 414 valence electrons. The molecule has 0 atom stereocenters.